The van der Waals surface area contributed by atoms with Crippen LogP contribution in [0.2, 0.25) is 5.02 Å². The van der Waals surface area contributed by atoms with E-state index in [1.807, 2.05) is 43.0 Å². The van der Waals surface area contributed by atoms with Gasteiger partial charge in [0.05, 0.1) is 6.33 Å². The topological polar surface area (TPSA) is 39.1 Å². The first-order chi connectivity index (χ1) is 10.3. The van der Waals surface area contributed by atoms with E-state index < -0.39 is 0 Å². The smallest absolute Gasteiger partial charge is 0.119 e. The van der Waals surface area contributed by atoms with Gasteiger partial charge in [-0.25, -0.2) is 4.98 Å². The highest BCUT2D eigenvalue weighted by Crippen LogP contribution is 2.15. The maximum atomic E-state index is 5.82. The van der Waals surface area contributed by atoms with Crippen molar-refractivity contribution in [1.29, 1.82) is 0 Å². The molecule has 1 aromatic carbocycles. The van der Waals surface area contributed by atoms with Gasteiger partial charge in [-0.05, 0) is 43.7 Å². The Bertz CT molecular complexity index is 485. The second-order valence-electron chi connectivity index (χ2n) is 4.91. The summed E-state index contributed by atoms with van der Waals surface area (Å²) in [5, 5.41) is 4.12. The Kier molecular flexibility index (Phi) is 7.12. The second kappa shape index (κ2) is 9.42. The molecule has 1 heterocycles. The quantitative estimate of drug-likeness (QED) is 0.684. The molecular formula is C16H22ClN3O. The monoisotopic (exact) mass is 307 g/mol. The third-order valence-electron chi connectivity index (χ3n) is 3.19. The maximum absolute atomic E-state index is 5.82. The van der Waals surface area contributed by atoms with Gasteiger partial charge in [0.15, 0.2) is 0 Å². The van der Waals surface area contributed by atoms with Crippen LogP contribution in [0, 0.1) is 0 Å². The largest absolute Gasteiger partial charge is 0.492 e. The number of unbranched alkanes of at least 4 members (excludes halogenated alkanes) is 2. The fraction of sp³-hybridized carbons (Fsp3) is 0.438. The Morgan fingerprint density at radius 2 is 1.95 bits per heavy atom. The van der Waals surface area contributed by atoms with Gasteiger partial charge in [-0.15, -0.1) is 0 Å². The van der Waals surface area contributed by atoms with Crippen LogP contribution in [0.3, 0.4) is 0 Å². The Balaban J connectivity index is 1.41. The fourth-order valence-corrected chi connectivity index (χ4v) is 2.16. The first-order valence-corrected chi connectivity index (χ1v) is 7.77. The zero-order valence-electron chi connectivity index (χ0n) is 12.2. The Morgan fingerprint density at radius 1 is 1.10 bits per heavy atom. The molecule has 1 N–H and O–H groups in total. The van der Waals surface area contributed by atoms with Gasteiger partial charge in [0, 0.05) is 30.5 Å². The zero-order valence-corrected chi connectivity index (χ0v) is 12.9. The van der Waals surface area contributed by atoms with Crippen molar-refractivity contribution in [1.82, 2.24) is 14.9 Å². The summed E-state index contributed by atoms with van der Waals surface area (Å²) in [6.45, 7) is 3.63. The highest BCUT2D eigenvalue weighted by molar-refractivity contribution is 6.30. The molecule has 0 radical (unpaired) electrons. The third kappa shape index (κ3) is 6.65. The first-order valence-electron chi connectivity index (χ1n) is 7.39. The minimum Gasteiger partial charge on any atom is -0.492 e. The van der Waals surface area contributed by atoms with Crippen LogP contribution in [0.25, 0.3) is 0 Å². The van der Waals surface area contributed by atoms with E-state index in [2.05, 4.69) is 14.9 Å². The molecule has 0 amide bonds. The first kappa shape index (κ1) is 15.9. The fourth-order valence-electron chi connectivity index (χ4n) is 2.04. The number of halogens is 1. The Morgan fingerprint density at radius 3 is 2.71 bits per heavy atom. The molecule has 0 fully saturated rings. The summed E-state index contributed by atoms with van der Waals surface area (Å²) in [4.78, 5) is 4.03. The van der Waals surface area contributed by atoms with E-state index in [-0.39, 0.29) is 0 Å². The highest BCUT2D eigenvalue weighted by Gasteiger charge is 1.95. The van der Waals surface area contributed by atoms with Crippen LogP contribution in [-0.2, 0) is 6.54 Å². The standard InChI is InChI=1S/C16H22ClN3O/c17-15-4-6-16(7-5-15)21-13-10-18-8-2-1-3-11-20-12-9-19-14-20/h4-7,9,12,14,18H,1-3,8,10-11,13H2. The van der Waals surface area contributed by atoms with Crippen molar-refractivity contribution in [2.24, 2.45) is 0 Å². The van der Waals surface area contributed by atoms with Crippen molar-refractivity contribution in [3.8, 4) is 5.75 Å². The Hall–Kier alpha value is -1.52. The lowest BCUT2D eigenvalue weighted by Gasteiger charge is -2.07. The molecule has 4 nitrogen and oxygen atoms in total. The van der Waals surface area contributed by atoms with Gasteiger partial charge in [0.2, 0.25) is 0 Å². The number of hydrogen-bond donors (Lipinski definition) is 1. The van der Waals surface area contributed by atoms with E-state index in [1.54, 1.807) is 0 Å². The van der Waals surface area contributed by atoms with Gasteiger partial charge in [-0.2, -0.15) is 0 Å². The van der Waals surface area contributed by atoms with E-state index in [1.165, 1.54) is 19.3 Å². The number of nitrogens with one attached hydrogen (secondary N) is 1. The molecule has 114 valence electrons. The molecule has 0 saturated carbocycles. The molecule has 0 saturated heterocycles. The van der Waals surface area contributed by atoms with Crippen LogP contribution in [0.4, 0.5) is 0 Å². The maximum Gasteiger partial charge on any atom is 0.119 e. The van der Waals surface area contributed by atoms with Gasteiger partial charge in [-0.3, -0.25) is 0 Å². The predicted molar refractivity (Wildman–Crippen MR) is 85.9 cm³/mol. The lowest BCUT2D eigenvalue weighted by atomic mass is 10.2. The number of benzene rings is 1. The zero-order chi connectivity index (χ0) is 14.8. The van der Waals surface area contributed by atoms with Crippen molar-refractivity contribution in [3.05, 3.63) is 48.0 Å². The molecule has 0 unspecified atom stereocenters. The van der Waals surface area contributed by atoms with Crippen molar-refractivity contribution >= 4 is 11.6 Å². The molecule has 21 heavy (non-hydrogen) atoms. The van der Waals surface area contributed by atoms with Gasteiger partial charge in [0.25, 0.3) is 0 Å². The van der Waals surface area contributed by atoms with Crippen LogP contribution in [0.5, 0.6) is 5.75 Å². The number of aromatic nitrogens is 2. The van der Waals surface area contributed by atoms with Crippen molar-refractivity contribution in [2.45, 2.75) is 25.8 Å². The summed E-state index contributed by atoms with van der Waals surface area (Å²) in [7, 11) is 0. The summed E-state index contributed by atoms with van der Waals surface area (Å²) in [5.74, 6) is 0.863. The van der Waals surface area contributed by atoms with Gasteiger partial charge in [-0.1, -0.05) is 18.0 Å². The molecule has 0 atom stereocenters. The number of aryl methyl sites for hydroxylation is 1. The minimum atomic E-state index is 0.677. The van der Waals surface area contributed by atoms with Crippen molar-refractivity contribution in [2.75, 3.05) is 19.7 Å². The van der Waals surface area contributed by atoms with Gasteiger partial charge < -0.3 is 14.6 Å². The number of imidazole rings is 1. The van der Waals surface area contributed by atoms with E-state index in [4.69, 9.17) is 16.3 Å². The van der Waals surface area contributed by atoms with Crippen LogP contribution < -0.4 is 10.1 Å². The van der Waals surface area contributed by atoms with E-state index in [0.717, 1.165) is 30.4 Å². The third-order valence-corrected chi connectivity index (χ3v) is 3.44. The van der Waals surface area contributed by atoms with Gasteiger partial charge in [0.1, 0.15) is 12.4 Å². The average Bonchev–Trinajstić information content (AvgIpc) is 3.01. The summed E-state index contributed by atoms with van der Waals surface area (Å²) in [6, 6.07) is 7.45. The van der Waals surface area contributed by atoms with E-state index in [0.29, 0.717) is 6.61 Å². The molecule has 5 heteroatoms. The molecule has 2 rings (SSSR count). The molecule has 0 aliphatic rings. The average molecular weight is 308 g/mol. The van der Waals surface area contributed by atoms with Crippen LogP contribution in [0.1, 0.15) is 19.3 Å². The molecule has 0 bridgehead atoms. The lowest BCUT2D eigenvalue weighted by molar-refractivity contribution is 0.313. The summed E-state index contributed by atoms with van der Waals surface area (Å²) < 4.78 is 7.72. The molecule has 0 spiro atoms. The number of ether oxygens (including phenoxy) is 1. The predicted octanol–water partition coefficient (Wildman–Crippen LogP) is 3.38. The molecule has 0 aliphatic carbocycles. The normalized spacial score (nSPS) is 10.7. The summed E-state index contributed by atoms with van der Waals surface area (Å²) >= 11 is 5.82. The van der Waals surface area contributed by atoms with Crippen LogP contribution in [-0.4, -0.2) is 29.2 Å². The second-order valence-corrected chi connectivity index (χ2v) is 5.35. The van der Waals surface area contributed by atoms with E-state index in [9.17, 15) is 0 Å². The highest BCUT2D eigenvalue weighted by atomic mass is 35.5. The van der Waals surface area contributed by atoms with Crippen molar-refractivity contribution in [3.63, 3.8) is 0 Å². The molecule has 2 aromatic rings. The molecule has 1 aromatic heterocycles. The minimum absolute atomic E-state index is 0.677. The lowest BCUT2D eigenvalue weighted by Crippen LogP contribution is -2.22. The van der Waals surface area contributed by atoms with E-state index >= 15 is 0 Å². The number of rotatable bonds is 10. The molecule has 0 aliphatic heterocycles. The van der Waals surface area contributed by atoms with Gasteiger partial charge >= 0.3 is 0 Å². The summed E-state index contributed by atoms with van der Waals surface area (Å²) in [6.07, 6.45) is 9.30. The number of nitrogens with zero attached hydrogens (tertiary/aromatic N) is 2. The van der Waals surface area contributed by atoms with Crippen LogP contribution in [0.15, 0.2) is 43.0 Å². The SMILES string of the molecule is Clc1ccc(OCCNCCCCCn2ccnc2)cc1. The number of hydrogen-bond acceptors (Lipinski definition) is 3. The van der Waals surface area contributed by atoms with Crippen molar-refractivity contribution < 1.29 is 4.74 Å². The van der Waals surface area contributed by atoms with Crippen LogP contribution >= 0.6 is 11.6 Å². The molecular weight excluding hydrogens is 286 g/mol. The Labute approximate surface area is 131 Å². The summed E-state index contributed by atoms with van der Waals surface area (Å²) in [5.41, 5.74) is 0.